The van der Waals surface area contributed by atoms with Crippen LogP contribution in [0.1, 0.15) is 45.7 Å². The predicted molar refractivity (Wildman–Crippen MR) is 116 cm³/mol. The Bertz CT molecular complexity index is 1130. The van der Waals surface area contributed by atoms with Crippen molar-refractivity contribution in [2.24, 2.45) is 5.14 Å². The lowest BCUT2D eigenvalue weighted by atomic mass is 10.0. The van der Waals surface area contributed by atoms with E-state index in [2.05, 4.69) is 4.74 Å². The zero-order chi connectivity index (χ0) is 25.1. The van der Waals surface area contributed by atoms with Gasteiger partial charge >= 0.3 is 18.0 Å². The van der Waals surface area contributed by atoms with Crippen LogP contribution in [0.15, 0.2) is 14.5 Å². The molecule has 0 aliphatic carbocycles. The summed E-state index contributed by atoms with van der Waals surface area (Å²) in [6.07, 6.45) is -1.87. The van der Waals surface area contributed by atoms with Crippen molar-refractivity contribution in [2.45, 2.75) is 59.9 Å². The van der Waals surface area contributed by atoms with Gasteiger partial charge in [0, 0.05) is 19.0 Å². The number of sulfone groups is 1. The van der Waals surface area contributed by atoms with Crippen molar-refractivity contribution in [3.05, 3.63) is 11.6 Å². The molecule has 1 aliphatic heterocycles. The molecule has 1 amide bonds. The number of thiophene rings is 1. The van der Waals surface area contributed by atoms with Crippen LogP contribution in [0.5, 0.6) is 0 Å². The summed E-state index contributed by atoms with van der Waals surface area (Å²) >= 11 is 0.555. The van der Waals surface area contributed by atoms with E-state index in [0.717, 1.165) is 6.92 Å². The van der Waals surface area contributed by atoms with Gasteiger partial charge in [-0.3, -0.25) is 4.79 Å². The van der Waals surface area contributed by atoms with Crippen LogP contribution in [0.4, 0.5) is 4.79 Å². The lowest BCUT2D eigenvalue weighted by Gasteiger charge is -2.35. The summed E-state index contributed by atoms with van der Waals surface area (Å²) in [6, 6.07) is 0.423. The van der Waals surface area contributed by atoms with E-state index >= 15 is 0 Å². The lowest BCUT2D eigenvalue weighted by molar-refractivity contribution is -0.165. The molecule has 1 aromatic heterocycles. The summed E-state index contributed by atoms with van der Waals surface area (Å²) in [5.74, 6) is -1.45. The molecule has 15 heteroatoms. The molecule has 0 radical (unpaired) electrons. The first-order valence-corrected chi connectivity index (χ1v) is 13.8. The predicted octanol–water partition coefficient (Wildman–Crippen LogP) is 0.956. The fraction of sp³-hybridized carbons (Fsp3) is 0.611. The first-order chi connectivity index (χ1) is 15.2. The van der Waals surface area contributed by atoms with Crippen LogP contribution >= 0.6 is 11.3 Å². The van der Waals surface area contributed by atoms with Crippen LogP contribution in [0.25, 0.3) is 0 Å². The summed E-state index contributed by atoms with van der Waals surface area (Å²) in [6.45, 7) is 5.16. The Hall–Kier alpha value is -2.23. The molecule has 1 aromatic rings. The molecule has 1 aliphatic rings. The number of hydrogen-bond donors (Lipinski definition) is 1. The number of esters is 2. The second-order valence-corrected chi connectivity index (χ2v) is 12.7. The van der Waals surface area contributed by atoms with Crippen molar-refractivity contribution in [1.82, 2.24) is 4.90 Å². The van der Waals surface area contributed by atoms with Gasteiger partial charge in [0.05, 0.1) is 11.3 Å². The van der Waals surface area contributed by atoms with E-state index in [1.807, 2.05) is 0 Å². The van der Waals surface area contributed by atoms with Crippen molar-refractivity contribution in [2.75, 3.05) is 19.8 Å². The van der Waals surface area contributed by atoms with E-state index < -0.39 is 55.3 Å². The molecule has 2 heterocycles. The van der Waals surface area contributed by atoms with Gasteiger partial charge in [-0.05, 0) is 33.3 Å². The number of hydrogen-bond acceptors (Lipinski definition) is 11. The molecule has 0 saturated heterocycles. The van der Waals surface area contributed by atoms with Gasteiger partial charge in [-0.15, -0.1) is 11.3 Å². The molecule has 0 spiro atoms. The van der Waals surface area contributed by atoms with Crippen LogP contribution in [0.3, 0.4) is 0 Å². The fourth-order valence-electron chi connectivity index (χ4n) is 3.25. The number of nitrogens with two attached hydrogens (primary N) is 1. The first kappa shape index (κ1) is 27.0. The minimum atomic E-state index is -4.14. The highest BCUT2D eigenvalue weighted by atomic mass is 32.3. The van der Waals surface area contributed by atoms with Gasteiger partial charge in [0.2, 0.25) is 10.0 Å². The summed E-state index contributed by atoms with van der Waals surface area (Å²) in [5, 5.41) is 4.30. The maximum Gasteiger partial charge on any atom is 0.410 e. The Morgan fingerprint density at radius 3 is 2.42 bits per heavy atom. The van der Waals surface area contributed by atoms with Gasteiger partial charge in [0.1, 0.15) is 21.6 Å². The molecule has 0 aromatic carbocycles. The minimum Gasteiger partial charge on any atom is -0.459 e. The topological polar surface area (TPSA) is 176 Å². The zero-order valence-electron chi connectivity index (χ0n) is 18.5. The maximum absolute atomic E-state index is 12.7. The summed E-state index contributed by atoms with van der Waals surface area (Å²) in [5.41, 5.74) is 0.169. The average Bonchev–Trinajstić information content (AvgIpc) is 3.16. The quantitative estimate of drug-likeness (QED) is 0.291. The van der Waals surface area contributed by atoms with Crippen LogP contribution in [0.2, 0.25) is 0 Å². The lowest BCUT2D eigenvalue weighted by Crippen LogP contribution is -2.40. The maximum atomic E-state index is 12.7. The summed E-state index contributed by atoms with van der Waals surface area (Å²) < 4.78 is 63.3. The second kappa shape index (κ2) is 10.4. The third kappa shape index (κ3) is 6.22. The van der Waals surface area contributed by atoms with Gasteiger partial charge in [0.15, 0.2) is 15.9 Å². The van der Waals surface area contributed by atoms with Gasteiger partial charge in [-0.25, -0.2) is 31.6 Å². The molecule has 0 saturated carbocycles. The van der Waals surface area contributed by atoms with Gasteiger partial charge in [0.25, 0.3) is 0 Å². The van der Waals surface area contributed by atoms with Gasteiger partial charge < -0.3 is 19.1 Å². The second-order valence-electron chi connectivity index (χ2n) is 7.28. The smallest absolute Gasteiger partial charge is 0.410 e. The minimum absolute atomic E-state index is 0.0357. The molecule has 186 valence electrons. The van der Waals surface area contributed by atoms with Crippen LogP contribution in [-0.2, 0) is 43.7 Å². The number of primary sulfonamides is 1. The van der Waals surface area contributed by atoms with Crippen LogP contribution in [-0.4, -0.2) is 70.9 Å². The largest absolute Gasteiger partial charge is 0.459 e. The molecular formula is C18H26N2O10S3. The van der Waals surface area contributed by atoms with Crippen LogP contribution < -0.4 is 5.14 Å². The number of sulfonamides is 1. The van der Waals surface area contributed by atoms with E-state index in [1.54, 1.807) is 6.92 Å². The first-order valence-electron chi connectivity index (χ1n) is 9.87. The average molecular weight is 527 g/mol. The van der Waals surface area contributed by atoms with E-state index in [-0.39, 0.29) is 40.2 Å². The van der Waals surface area contributed by atoms with Crippen molar-refractivity contribution in [3.63, 3.8) is 0 Å². The number of carbonyl (C=O) groups is 3. The normalized spacial score (nSPS) is 20.3. The van der Waals surface area contributed by atoms with E-state index in [4.69, 9.17) is 14.6 Å². The SMILES string of the molecule is CCN(C(=O)OCCOC(=O)[C@H](C)OC(C)=O)[C@H]1C[C@H](C)S(=O)(=O)c2sc(S(N)(=O)=O)cc21. The van der Waals surface area contributed by atoms with Gasteiger partial charge in [-0.2, -0.15) is 0 Å². The van der Waals surface area contributed by atoms with Crippen molar-refractivity contribution in [1.29, 1.82) is 0 Å². The molecule has 2 rings (SSSR count). The van der Waals surface area contributed by atoms with Crippen molar-refractivity contribution >= 4 is 49.2 Å². The zero-order valence-corrected chi connectivity index (χ0v) is 20.9. The number of amides is 1. The molecular weight excluding hydrogens is 500 g/mol. The summed E-state index contributed by atoms with van der Waals surface area (Å²) in [4.78, 5) is 36.5. The number of carbonyl (C=O) groups excluding carboxylic acids is 3. The molecule has 3 atom stereocenters. The standard InChI is InChI=1S/C18H26N2O10S3/c1-5-20(18(23)29-7-6-28-16(22)11(3)30-12(4)21)14-8-10(2)32(24,25)17-13(14)9-15(31-17)33(19,26)27/h9-11,14H,5-8H2,1-4H3,(H2,19,26,27)/t10-,11-,14-/m0/s1. The van der Waals surface area contributed by atoms with Crippen molar-refractivity contribution < 1.29 is 45.4 Å². The monoisotopic (exact) mass is 526 g/mol. The third-order valence-corrected chi connectivity index (χ3v) is 10.2. The number of ether oxygens (including phenoxy) is 3. The molecule has 33 heavy (non-hydrogen) atoms. The highest BCUT2D eigenvalue weighted by molar-refractivity contribution is 7.95. The Morgan fingerprint density at radius 2 is 1.88 bits per heavy atom. The number of nitrogens with zero attached hydrogens (tertiary/aromatic N) is 1. The highest BCUT2D eigenvalue weighted by Crippen LogP contribution is 2.45. The van der Waals surface area contributed by atoms with Gasteiger partial charge in [-0.1, -0.05) is 0 Å². The summed E-state index contributed by atoms with van der Waals surface area (Å²) in [7, 11) is -7.92. The van der Waals surface area contributed by atoms with Crippen LogP contribution in [0, 0.1) is 0 Å². The Morgan fingerprint density at radius 1 is 1.27 bits per heavy atom. The Kier molecular flexibility index (Phi) is 8.48. The molecule has 12 nitrogen and oxygen atoms in total. The van der Waals surface area contributed by atoms with E-state index in [9.17, 15) is 31.2 Å². The Balaban J connectivity index is 2.13. The van der Waals surface area contributed by atoms with E-state index in [1.165, 1.54) is 24.8 Å². The molecule has 0 bridgehead atoms. The van der Waals surface area contributed by atoms with Crippen molar-refractivity contribution in [3.8, 4) is 0 Å². The molecule has 0 fully saturated rings. The third-order valence-electron chi connectivity index (χ3n) is 4.86. The number of rotatable bonds is 8. The Labute approximate surface area is 195 Å². The number of fused-ring (bicyclic) bond motifs is 1. The highest BCUT2D eigenvalue weighted by Gasteiger charge is 2.42. The molecule has 0 unspecified atom stereocenters. The fourth-order valence-corrected chi connectivity index (χ4v) is 7.65. The van der Waals surface area contributed by atoms with E-state index in [0.29, 0.717) is 11.3 Å². The molecule has 2 N–H and O–H groups in total.